The highest BCUT2D eigenvalue weighted by Crippen LogP contribution is 2.56. The minimum absolute atomic E-state index is 0.00847. The lowest BCUT2D eigenvalue weighted by Gasteiger charge is -2.44. The van der Waals surface area contributed by atoms with E-state index >= 15 is 0 Å². The molecule has 2 aromatic rings. The van der Waals surface area contributed by atoms with Crippen molar-refractivity contribution in [2.75, 3.05) is 6.54 Å². The summed E-state index contributed by atoms with van der Waals surface area (Å²) in [6.45, 7) is 1.46. The molecule has 38 heavy (non-hydrogen) atoms. The molecule has 2 aromatic carbocycles. The van der Waals surface area contributed by atoms with Crippen LogP contribution in [-0.4, -0.2) is 50.2 Å². The molecule has 1 fully saturated rings. The summed E-state index contributed by atoms with van der Waals surface area (Å²) in [5, 5.41) is 0. The van der Waals surface area contributed by atoms with Crippen LogP contribution in [0.4, 0.5) is 35.1 Å². The fraction of sp³-hybridized carbons (Fsp3) is 0.458. The normalized spacial score (nSPS) is 23.6. The molecular formula is C24H22F8N2O3S. The van der Waals surface area contributed by atoms with Crippen molar-refractivity contribution < 1.29 is 48.3 Å². The zero-order chi connectivity index (χ0) is 28.5. The van der Waals surface area contributed by atoms with Crippen LogP contribution in [0.25, 0.3) is 0 Å². The van der Waals surface area contributed by atoms with E-state index in [1.165, 1.54) is 11.8 Å². The second-order valence-electron chi connectivity index (χ2n) is 9.49. The molecule has 1 amide bonds. The van der Waals surface area contributed by atoms with Crippen LogP contribution in [0.2, 0.25) is 0 Å². The van der Waals surface area contributed by atoms with Crippen LogP contribution in [-0.2, 0) is 31.5 Å². The van der Waals surface area contributed by atoms with Crippen molar-refractivity contribution in [3.8, 4) is 0 Å². The molecule has 1 unspecified atom stereocenters. The van der Waals surface area contributed by atoms with Crippen molar-refractivity contribution in [1.29, 1.82) is 0 Å². The van der Waals surface area contributed by atoms with Crippen LogP contribution in [0.5, 0.6) is 0 Å². The van der Waals surface area contributed by atoms with Crippen molar-refractivity contribution >= 4 is 15.7 Å². The Morgan fingerprint density at radius 2 is 1.61 bits per heavy atom. The minimum Gasteiger partial charge on any atom is -0.368 e. The van der Waals surface area contributed by atoms with Crippen LogP contribution >= 0.6 is 0 Å². The maximum absolute atomic E-state index is 14.8. The standard InChI is InChI=1S/C24H22F8N2O3S/c1-13(20(33)35)34-11-10-21(38(36,37)17-6-4-16(25)5-7-17)18-8-3-15(12-14(18)2-9-19(21)34)22(26,23(27,28)29)24(30,31)32/h3-8,12-13,19H,2,9-11H2,1H3,(H2,33,35)/t13?,19-,21-/m1/s1. The smallest absolute Gasteiger partial charge is 0.368 e. The number of likely N-dealkylation sites (tertiary alicyclic amines) is 1. The Labute approximate surface area is 212 Å². The maximum atomic E-state index is 14.8. The van der Waals surface area contributed by atoms with Gasteiger partial charge in [-0.25, -0.2) is 17.2 Å². The van der Waals surface area contributed by atoms with E-state index in [9.17, 15) is 48.3 Å². The summed E-state index contributed by atoms with van der Waals surface area (Å²) in [6, 6.07) is 3.39. The Kier molecular flexibility index (Phi) is 6.62. The van der Waals surface area contributed by atoms with E-state index < -0.39 is 62.0 Å². The van der Waals surface area contributed by atoms with Crippen molar-refractivity contribution in [2.45, 2.75) is 65.9 Å². The van der Waals surface area contributed by atoms with Crippen LogP contribution in [0.15, 0.2) is 47.4 Å². The number of fused-ring (bicyclic) bond motifs is 3. The van der Waals surface area contributed by atoms with Gasteiger partial charge in [-0.1, -0.05) is 18.2 Å². The maximum Gasteiger partial charge on any atom is 0.435 e. The summed E-state index contributed by atoms with van der Waals surface area (Å²) < 4.78 is 135. The molecule has 14 heteroatoms. The fourth-order valence-electron chi connectivity index (χ4n) is 5.72. The Balaban J connectivity index is 1.97. The first-order valence-corrected chi connectivity index (χ1v) is 12.9. The largest absolute Gasteiger partial charge is 0.435 e. The molecule has 2 N–H and O–H groups in total. The number of alkyl halides is 7. The summed E-state index contributed by atoms with van der Waals surface area (Å²) in [6.07, 6.45) is -13.2. The molecule has 0 saturated carbocycles. The molecule has 1 heterocycles. The van der Waals surface area contributed by atoms with Crippen LogP contribution < -0.4 is 5.73 Å². The second-order valence-corrected chi connectivity index (χ2v) is 11.7. The number of rotatable bonds is 5. The van der Waals surface area contributed by atoms with Gasteiger partial charge in [-0.3, -0.25) is 9.69 Å². The first-order chi connectivity index (χ1) is 17.4. The number of nitrogens with zero attached hydrogens (tertiary/aromatic N) is 1. The molecule has 0 bridgehead atoms. The highest BCUT2D eigenvalue weighted by molar-refractivity contribution is 7.92. The SMILES string of the molecule is CC(C(N)=O)N1CC[C@@]2(S(=O)(=O)c3ccc(F)cc3)c3ccc(C(F)(C(F)(F)F)C(F)(F)F)cc3CC[C@@H]12. The number of primary amides is 1. The van der Waals surface area contributed by atoms with Crippen molar-refractivity contribution in [1.82, 2.24) is 4.90 Å². The number of sulfone groups is 1. The van der Waals surface area contributed by atoms with E-state index in [2.05, 4.69) is 0 Å². The van der Waals surface area contributed by atoms with E-state index in [4.69, 9.17) is 5.73 Å². The Bertz CT molecular complexity index is 1340. The molecule has 2 aliphatic rings. The number of nitrogens with two attached hydrogens (primary N) is 1. The number of carbonyl (C=O) groups is 1. The van der Waals surface area contributed by atoms with Crippen molar-refractivity contribution in [3.63, 3.8) is 0 Å². The van der Waals surface area contributed by atoms with Gasteiger partial charge in [-0.2, -0.15) is 26.3 Å². The Morgan fingerprint density at radius 3 is 2.13 bits per heavy atom. The number of amides is 1. The van der Waals surface area contributed by atoms with E-state index in [0.29, 0.717) is 12.1 Å². The molecular weight excluding hydrogens is 548 g/mol. The summed E-state index contributed by atoms with van der Waals surface area (Å²) in [5.41, 5.74) is -2.27. The molecule has 0 radical (unpaired) electrons. The zero-order valence-electron chi connectivity index (χ0n) is 19.7. The third-order valence-electron chi connectivity index (χ3n) is 7.62. The minimum atomic E-state index is -6.34. The predicted molar refractivity (Wildman–Crippen MR) is 119 cm³/mol. The summed E-state index contributed by atoms with van der Waals surface area (Å²) >= 11 is 0. The molecule has 0 spiro atoms. The highest BCUT2D eigenvalue weighted by Gasteiger charge is 2.73. The highest BCUT2D eigenvalue weighted by atomic mass is 32.2. The van der Waals surface area contributed by atoms with Gasteiger partial charge in [0.25, 0.3) is 0 Å². The number of halogens is 8. The molecule has 5 nitrogen and oxygen atoms in total. The first-order valence-electron chi connectivity index (χ1n) is 11.4. The number of benzene rings is 2. The molecule has 1 saturated heterocycles. The van der Waals surface area contributed by atoms with Gasteiger partial charge in [0.15, 0.2) is 9.84 Å². The van der Waals surface area contributed by atoms with E-state index in [0.717, 1.165) is 30.3 Å². The van der Waals surface area contributed by atoms with Crippen LogP contribution in [0.3, 0.4) is 0 Å². The Hall–Kier alpha value is -2.74. The summed E-state index contributed by atoms with van der Waals surface area (Å²) in [5.74, 6) is -1.50. The van der Waals surface area contributed by atoms with Gasteiger partial charge in [0.05, 0.1) is 10.9 Å². The summed E-state index contributed by atoms with van der Waals surface area (Å²) in [7, 11) is -4.49. The van der Waals surface area contributed by atoms with Gasteiger partial charge < -0.3 is 5.73 Å². The Morgan fingerprint density at radius 1 is 1.03 bits per heavy atom. The van der Waals surface area contributed by atoms with Gasteiger partial charge in [-0.05, 0) is 61.6 Å². The number of hydrogen-bond acceptors (Lipinski definition) is 4. The lowest BCUT2D eigenvalue weighted by molar-refractivity contribution is -0.348. The van der Waals surface area contributed by atoms with E-state index in [1.54, 1.807) is 0 Å². The second kappa shape index (κ2) is 8.90. The third-order valence-corrected chi connectivity index (χ3v) is 10.2. The molecule has 1 aliphatic heterocycles. The molecule has 4 rings (SSSR count). The molecule has 208 valence electrons. The average Bonchev–Trinajstić information content (AvgIpc) is 3.23. The van der Waals surface area contributed by atoms with E-state index in [1.807, 2.05) is 0 Å². The van der Waals surface area contributed by atoms with Gasteiger partial charge in [0, 0.05) is 18.2 Å². The number of carbonyl (C=O) groups excluding carboxylic acids is 1. The number of hydrogen-bond donors (Lipinski definition) is 1. The monoisotopic (exact) mass is 570 g/mol. The third kappa shape index (κ3) is 3.90. The fourth-order valence-corrected chi connectivity index (χ4v) is 8.09. The summed E-state index contributed by atoms with van der Waals surface area (Å²) in [4.78, 5) is 13.1. The van der Waals surface area contributed by atoms with Crippen molar-refractivity contribution in [2.24, 2.45) is 5.73 Å². The van der Waals surface area contributed by atoms with E-state index in [-0.39, 0.29) is 41.8 Å². The van der Waals surface area contributed by atoms with Gasteiger partial charge in [0.1, 0.15) is 10.6 Å². The van der Waals surface area contributed by atoms with Crippen LogP contribution in [0.1, 0.15) is 36.5 Å². The van der Waals surface area contributed by atoms with Crippen LogP contribution in [0, 0.1) is 5.82 Å². The van der Waals surface area contributed by atoms with Gasteiger partial charge in [0.2, 0.25) is 5.91 Å². The topological polar surface area (TPSA) is 80.5 Å². The van der Waals surface area contributed by atoms with Gasteiger partial charge in [-0.15, -0.1) is 0 Å². The molecule has 1 aliphatic carbocycles. The zero-order valence-corrected chi connectivity index (χ0v) is 20.5. The quantitative estimate of drug-likeness (QED) is 0.419. The molecule has 3 atom stereocenters. The predicted octanol–water partition coefficient (Wildman–Crippen LogP) is 4.68. The lowest BCUT2D eigenvalue weighted by atomic mass is 9.76. The number of aryl methyl sites for hydroxylation is 1. The lowest BCUT2D eigenvalue weighted by Crippen LogP contribution is -2.55. The first kappa shape index (κ1) is 28.3. The molecule has 0 aromatic heterocycles. The average molecular weight is 571 g/mol. The van der Waals surface area contributed by atoms with Gasteiger partial charge >= 0.3 is 18.0 Å². The van der Waals surface area contributed by atoms with Crippen molar-refractivity contribution in [3.05, 3.63) is 65.0 Å².